The highest BCUT2D eigenvalue weighted by atomic mass is 35.5. The molecule has 0 radical (unpaired) electrons. The van der Waals surface area contributed by atoms with Crippen LogP contribution in [0, 0.1) is 13.8 Å². The molecule has 5 rings (SSSR count). The number of ether oxygens (including phenoxy) is 1. The van der Waals surface area contributed by atoms with Crippen molar-refractivity contribution in [3.63, 3.8) is 0 Å². The van der Waals surface area contributed by atoms with Gasteiger partial charge >= 0.3 is 0 Å². The number of methoxy groups -OCH3 is 1. The van der Waals surface area contributed by atoms with E-state index in [9.17, 15) is 9.59 Å². The number of amides is 2. The van der Waals surface area contributed by atoms with Crippen LogP contribution >= 0.6 is 22.9 Å². The fraction of sp³-hybridized carbons (Fsp3) is 0.250. The van der Waals surface area contributed by atoms with E-state index in [2.05, 4.69) is 25.4 Å². The van der Waals surface area contributed by atoms with E-state index in [1.165, 1.54) is 30.8 Å². The second-order valence-electron chi connectivity index (χ2n) is 8.38. The van der Waals surface area contributed by atoms with Crippen LogP contribution in [-0.4, -0.2) is 48.6 Å². The lowest BCUT2D eigenvalue weighted by atomic mass is 10.0. The Morgan fingerprint density at radius 3 is 2.61 bits per heavy atom. The summed E-state index contributed by atoms with van der Waals surface area (Å²) < 4.78 is 7.07. The van der Waals surface area contributed by atoms with Gasteiger partial charge in [0.2, 0.25) is 0 Å². The predicted octanol–water partition coefficient (Wildman–Crippen LogP) is 4.02. The van der Waals surface area contributed by atoms with Gasteiger partial charge in [0.1, 0.15) is 10.9 Å². The zero-order chi connectivity index (χ0) is 25.6. The van der Waals surface area contributed by atoms with Gasteiger partial charge in [0.05, 0.1) is 53.8 Å². The molecule has 0 aliphatic carbocycles. The molecule has 0 atom stereocenters. The van der Waals surface area contributed by atoms with Gasteiger partial charge in [-0.2, -0.15) is 5.10 Å². The first-order valence-corrected chi connectivity index (χ1v) is 12.2. The van der Waals surface area contributed by atoms with Gasteiger partial charge in [0.25, 0.3) is 11.8 Å². The number of halogens is 1. The summed E-state index contributed by atoms with van der Waals surface area (Å²) in [6, 6.07) is 3.45. The van der Waals surface area contributed by atoms with Crippen molar-refractivity contribution in [1.29, 1.82) is 0 Å². The number of anilines is 1. The van der Waals surface area contributed by atoms with Crippen molar-refractivity contribution in [2.24, 2.45) is 7.05 Å². The van der Waals surface area contributed by atoms with Crippen molar-refractivity contribution in [2.75, 3.05) is 12.4 Å². The molecule has 36 heavy (non-hydrogen) atoms. The van der Waals surface area contributed by atoms with Crippen molar-refractivity contribution in [1.82, 2.24) is 29.6 Å². The number of carbonyl (C=O) groups excluding carboxylic acids is 2. The smallest absolute Gasteiger partial charge is 0.259 e. The van der Waals surface area contributed by atoms with Gasteiger partial charge in [-0.3, -0.25) is 24.6 Å². The minimum absolute atomic E-state index is 0.0864. The highest BCUT2D eigenvalue weighted by Crippen LogP contribution is 2.35. The van der Waals surface area contributed by atoms with E-state index in [1.54, 1.807) is 35.0 Å². The molecule has 12 heteroatoms. The fourth-order valence-corrected chi connectivity index (χ4v) is 5.28. The van der Waals surface area contributed by atoms with E-state index < -0.39 is 0 Å². The molecular formula is C24H22ClN7O3S. The van der Waals surface area contributed by atoms with E-state index >= 15 is 0 Å². The van der Waals surface area contributed by atoms with Gasteiger partial charge in [-0.25, -0.2) is 9.97 Å². The molecule has 0 saturated heterocycles. The minimum atomic E-state index is -0.362. The Morgan fingerprint density at radius 2 is 1.92 bits per heavy atom. The molecule has 0 saturated carbocycles. The third kappa shape index (κ3) is 4.42. The van der Waals surface area contributed by atoms with E-state index in [4.69, 9.17) is 16.3 Å². The van der Waals surface area contributed by atoms with Gasteiger partial charge in [0.15, 0.2) is 5.13 Å². The number of hydrogen-bond donors (Lipinski definition) is 1. The van der Waals surface area contributed by atoms with Crippen LogP contribution in [0.25, 0.3) is 11.1 Å². The average Bonchev–Trinajstić information content (AvgIpc) is 3.50. The first kappa shape index (κ1) is 23.9. The zero-order valence-electron chi connectivity index (χ0n) is 20.0. The summed E-state index contributed by atoms with van der Waals surface area (Å²) in [6.07, 6.45) is 4.76. The van der Waals surface area contributed by atoms with E-state index in [1.807, 2.05) is 13.8 Å². The summed E-state index contributed by atoms with van der Waals surface area (Å²) in [5.41, 5.74) is 4.37. The highest BCUT2D eigenvalue weighted by Gasteiger charge is 2.30. The molecule has 1 N–H and O–H groups in total. The normalized spacial score (nSPS) is 12.5. The van der Waals surface area contributed by atoms with Gasteiger partial charge < -0.3 is 9.64 Å². The SMILES string of the molecule is COc1cnc(Cl)cc1-c1cc(C)ncc1C(=O)Nc1nc2c(s1)CN(C(=O)c1cn(C)nc1C)C2. The second-order valence-corrected chi connectivity index (χ2v) is 9.86. The third-order valence-corrected chi connectivity index (χ3v) is 7.04. The lowest BCUT2D eigenvalue weighted by Gasteiger charge is -2.15. The van der Waals surface area contributed by atoms with Crippen molar-refractivity contribution in [3.8, 4) is 16.9 Å². The number of nitrogens with zero attached hydrogens (tertiary/aromatic N) is 6. The lowest BCUT2D eigenvalue weighted by Crippen LogP contribution is -2.26. The van der Waals surface area contributed by atoms with Crippen LogP contribution in [0.5, 0.6) is 5.75 Å². The molecular weight excluding hydrogens is 502 g/mol. The topological polar surface area (TPSA) is 115 Å². The number of hydrogen-bond acceptors (Lipinski definition) is 8. The lowest BCUT2D eigenvalue weighted by molar-refractivity contribution is 0.0750. The van der Waals surface area contributed by atoms with Crippen molar-refractivity contribution in [3.05, 3.63) is 69.0 Å². The summed E-state index contributed by atoms with van der Waals surface area (Å²) >= 11 is 7.48. The molecule has 4 aromatic rings. The molecule has 184 valence electrons. The Labute approximate surface area is 215 Å². The number of nitrogens with one attached hydrogen (secondary N) is 1. The number of aryl methyl sites for hydroxylation is 3. The number of pyridine rings is 2. The largest absolute Gasteiger partial charge is 0.494 e. The highest BCUT2D eigenvalue weighted by molar-refractivity contribution is 7.16. The van der Waals surface area contributed by atoms with E-state index in [-0.39, 0.29) is 17.0 Å². The quantitative estimate of drug-likeness (QED) is 0.393. The summed E-state index contributed by atoms with van der Waals surface area (Å²) in [5, 5.41) is 7.87. The predicted molar refractivity (Wildman–Crippen MR) is 135 cm³/mol. The van der Waals surface area contributed by atoms with Crippen molar-refractivity contribution >= 4 is 39.9 Å². The first-order chi connectivity index (χ1) is 17.2. The molecule has 5 heterocycles. The molecule has 0 bridgehead atoms. The molecule has 0 unspecified atom stereocenters. The van der Waals surface area contributed by atoms with E-state index in [0.717, 1.165) is 16.3 Å². The third-order valence-electron chi connectivity index (χ3n) is 5.83. The molecule has 0 fully saturated rings. The monoisotopic (exact) mass is 523 g/mol. The Hall–Kier alpha value is -3.83. The summed E-state index contributed by atoms with van der Waals surface area (Å²) in [4.78, 5) is 41.8. The number of aromatic nitrogens is 5. The molecule has 1 aliphatic rings. The van der Waals surface area contributed by atoms with Gasteiger partial charge in [0, 0.05) is 36.3 Å². The summed E-state index contributed by atoms with van der Waals surface area (Å²) in [5.74, 6) is 0.0384. The maximum absolute atomic E-state index is 13.3. The summed E-state index contributed by atoms with van der Waals surface area (Å²) in [7, 11) is 3.32. The van der Waals surface area contributed by atoms with Gasteiger partial charge in [-0.05, 0) is 26.0 Å². The Morgan fingerprint density at radius 1 is 1.11 bits per heavy atom. The maximum Gasteiger partial charge on any atom is 0.259 e. The maximum atomic E-state index is 13.3. The van der Waals surface area contributed by atoms with Crippen LogP contribution in [0.2, 0.25) is 5.15 Å². The van der Waals surface area contributed by atoms with Crippen LogP contribution in [0.3, 0.4) is 0 Å². The Balaban J connectivity index is 1.36. The van der Waals surface area contributed by atoms with Crippen LogP contribution in [0.1, 0.15) is 42.7 Å². The summed E-state index contributed by atoms with van der Waals surface area (Å²) in [6.45, 7) is 4.46. The van der Waals surface area contributed by atoms with Crippen molar-refractivity contribution in [2.45, 2.75) is 26.9 Å². The zero-order valence-corrected chi connectivity index (χ0v) is 21.6. The second kappa shape index (κ2) is 9.32. The molecule has 2 amide bonds. The Kier molecular flexibility index (Phi) is 6.19. The number of fused-ring (bicyclic) bond motifs is 1. The van der Waals surface area contributed by atoms with Crippen LogP contribution in [0.4, 0.5) is 5.13 Å². The number of thiazole rings is 1. The molecule has 4 aromatic heterocycles. The van der Waals surface area contributed by atoms with Gasteiger partial charge in [-0.1, -0.05) is 22.9 Å². The number of rotatable bonds is 5. The fourth-order valence-electron chi connectivity index (χ4n) is 4.14. The van der Waals surface area contributed by atoms with Crippen LogP contribution in [0.15, 0.2) is 30.7 Å². The van der Waals surface area contributed by atoms with Crippen LogP contribution < -0.4 is 10.1 Å². The van der Waals surface area contributed by atoms with E-state index in [0.29, 0.717) is 51.9 Å². The Bertz CT molecular complexity index is 1490. The van der Waals surface area contributed by atoms with Crippen molar-refractivity contribution < 1.29 is 14.3 Å². The average molecular weight is 524 g/mol. The number of carbonyl (C=O) groups is 2. The molecule has 0 aromatic carbocycles. The minimum Gasteiger partial charge on any atom is -0.494 e. The molecule has 1 aliphatic heterocycles. The standard InChI is InChI=1S/C24H22ClN7O3S/c1-12-5-14(15-6-21(25)27-8-19(15)35-4)16(7-26-12)22(33)29-24-28-18-10-32(11-20(18)36-24)23(34)17-9-31(3)30-13(17)2/h5-9H,10-11H2,1-4H3,(H,28,29,33). The van der Waals surface area contributed by atoms with Gasteiger partial charge in [-0.15, -0.1) is 0 Å². The van der Waals surface area contributed by atoms with Crippen LogP contribution in [-0.2, 0) is 20.1 Å². The molecule has 10 nitrogen and oxygen atoms in total. The molecule has 0 spiro atoms. The first-order valence-electron chi connectivity index (χ1n) is 11.0.